The molecule has 0 unspecified atom stereocenters. The molecule has 1 aromatic carbocycles. The smallest absolute Gasteiger partial charge is 0.251 e. The fraction of sp³-hybridized carbons (Fsp3) is 0.158. The van der Waals surface area contributed by atoms with Crippen LogP contribution >= 0.6 is 11.8 Å². The number of hydrogen-bond donors (Lipinski definition) is 4. The second-order valence-corrected chi connectivity index (χ2v) is 7.74. The summed E-state index contributed by atoms with van der Waals surface area (Å²) in [6.45, 7) is 1.65. The molecule has 0 atom stereocenters. The maximum atomic E-state index is 12.4. The standard InChI is InChI=1S/C19H18N8OS/c28-19(23-13-9-20-10-13)12-3-1-4-14(7-12)29-17-8-16(25-26-17)24-18-15-5-2-6-27(15)22-11-21-18/h1-8,11,13,20H,9-10H2,(H,23,28)(H2,21,22,24,25,26). The molecule has 1 amide bonds. The van der Waals surface area contributed by atoms with Gasteiger partial charge in [0.15, 0.2) is 5.82 Å². The number of aromatic amines is 1. The van der Waals surface area contributed by atoms with Crippen LogP contribution in [0.2, 0.25) is 0 Å². The van der Waals surface area contributed by atoms with E-state index in [1.165, 1.54) is 18.1 Å². The molecule has 0 aliphatic carbocycles. The predicted octanol–water partition coefficient (Wildman–Crippen LogP) is 2.05. The average molecular weight is 406 g/mol. The lowest BCUT2D eigenvalue weighted by Crippen LogP contribution is -2.56. The number of nitrogens with zero attached hydrogens (tertiary/aromatic N) is 4. The number of H-pyrrole nitrogens is 1. The molecule has 29 heavy (non-hydrogen) atoms. The first-order chi connectivity index (χ1) is 14.2. The summed E-state index contributed by atoms with van der Waals surface area (Å²) in [4.78, 5) is 17.6. The van der Waals surface area contributed by atoms with Gasteiger partial charge >= 0.3 is 0 Å². The minimum atomic E-state index is -0.0525. The van der Waals surface area contributed by atoms with E-state index in [2.05, 4.69) is 36.2 Å². The van der Waals surface area contributed by atoms with Gasteiger partial charge in [-0.2, -0.15) is 10.2 Å². The Labute approximate surface area is 170 Å². The molecule has 1 aliphatic rings. The van der Waals surface area contributed by atoms with E-state index < -0.39 is 0 Å². The first-order valence-corrected chi connectivity index (χ1v) is 9.96. The molecule has 1 aliphatic heterocycles. The first-order valence-electron chi connectivity index (χ1n) is 9.15. The van der Waals surface area contributed by atoms with E-state index in [9.17, 15) is 4.79 Å². The Morgan fingerprint density at radius 2 is 2.14 bits per heavy atom. The number of aromatic nitrogens is 5. The highest BCUT2D eigenvalue weighted by atomic mass is 32.2. The van der Waals surface area contributed by atoms with Crippen molar-refractivity contribution < 1.29 is 4.79 Å². The van der Waals surface area contributed by atoms with Crippen molar-refractivity contribution in [2.45, 2.75) is 16.0 Å². The highest BCUT2D eigenvalue weighted by molar-refractivity contribution is 7.99. The molecule has 0 radical (unpaired) electrons. The third-order valence-corrected chi connectivity index (χ3v) is 5.48. The van der Waals surface area contributed by atoms with Crippen molar-refractivity contribution in [2.75, 3.05) is 18.4 Å². The Kier molecular flexibility index (Phi) is 4.62. The zero-order valence-corrected chi connectivity index (χ0v) is 16.1. The van der Waals surface area contributed by atoms with Gasteiger partial charge in [-0.05, 0) is 30.3 Å². The monoisotopic (exact) mass is 406 g/mol. The zero-order chi connectivity index (χ0) is 19.6. The number of hydrogen-bond acceptors (Lipinski definition) is 7. The lowest BCUT2D eigenvalue weighted by Gasteiger charge is -2.27. The van der Waals surface area contributed by atoms with Gasteiger partial charge in [-0.3, -0.25) is 9.89 Å². The molecule has 5 rings (SSSR count). The van der Waals surface area contributed by atoms with Gasteiger partial charge in [-0.1, -0.05) is 17.8 Å². The van der Waals surface area contributed by atoms with Crippen LogP contribution in [0.5, 0.6) is 0 Å². The third-order valence-electron chi connectivity index (χ3n) is 4.58. The molecule has 0 bridgehead atoms. The molecule has 0 saturated carbocycles. The predicted molar refractivity (Wildman–Crippen MR) is 110 cm³/mol. The summed E-state index contributed by atoms with van der Waals surface area (Å²) in [5.74, 6) is 1.36. The van der Waals surface area contributed by atoms with E-state index in [0.29, 0.717) is 11.4 Å². The van der Waals surface area contributed by atoms with Crippen molar-refractivity contribution in [1.29, 1.82) is 0 Å². The van der Waals surface area contributed by atoms with Crippen molar-refractivity contribution in [2.24, 2.45) is 0 Å². The van der Waals surface area contributed by atoms with Crippen LogP contribution in [0.4, 0.5) is 11.6 Å². The topological polar surface area (TPSA) is 112 Å². The molecule has 1 saturated heterocycles. The molecule has 0 spiro atoms. The van der Waals surface area contributed by atoms with E-state index in [1.807, 2.05) is 48.7 Å². The van der Waals surface area contributed by atoms with Gasteiger partial charge in [-0.25, -0.2) is 9.50 Å². The number of benzene rings is 1. The van der Waals surface area contributed by atoms with Crippen LogP contribution in [0, 0.1) is 0 Å². The van der Waals surface area contributed by atoms with Gasteiger partial charge in [0.05, 0.1) is 6.04 Å². The minimum Gasteiger partial charge on any atom is -0.347 e. The largest absolute Gasteiger partial charge is 0.347 e. The molecule has 10 heteroatoms. The number of carbonyl (C=O) groups excluding carboxylic acids is 1. The van der Waals surface area contributed by atoms with E-state index in [1.54, 1.807) is 4.52 Å². The average Bonchev–Trinajstić information content (AvgIpc) is 3.35. The van der Waals surface area contributed by atoms with Crippen LogP contribution in [-0.2, 0) is 0 Å². The van der Waals surface area contributed by atoms with Crippen molar-refractivity contribution in [3.63, 3.8) is 0 Å². The Morgan fingerprint density at radius 3 is 3.00 bits per heavy atom. The second-order valence-electron chi connectivity index (χ2n) is 6.65. The Morgan fingerprint density at radius 1 is 1.21 bits per heavy atom. The fourth-order valence-electron chi connectivity index (χ4n) is 2.99. The molecule has 146 valence electrons. The summed E-state index contributed by atoms with van der Waals surface area (Å²) in [6, 6.07) is 13.5. The van der Waals surface area contributed by atoms with Crippen molar-refractivity contribution in [1.82, 2.24) is 35.4 Å². The number of nitrogens with one attached hydrogen (secondary N) is 4. The van der Waals surface area contributed by atoms with Gasteiger partial charge in [0, 0.05) is 35.8 Å². The molecular formula is C19H18N8OS. The number of fused-ring (bicyclic) bond motifs is 1. The van der Waals surface area contributed by atoms with Crippen LogP contribution < -0.4 is 16.0 Å². The van der Waals surface area contributed by atoms with Crippen molar-refractivity contribution >= 4 is 34.8 Å². The maximum absolute atomic E-state index is 12.4. The highest BCUT2D eigenvalue weighted by Gasteiger charge is 2.19. The summed E-state index contributed by atoms with van der Waals surface area (Å²) >= 11 is 1.48. The Hall–Kier alpha value is -3.37. The van der Waals surface area contributed by atoms with Crippen LogP contribution in [0.25, 0.3) is 5.52 Å². The zero-order valence-electron chi connectivity index (χ0n) is 15.3. The number of amides is 1. The third kappa shape index (κ3) is 3.80. The van der Waals surface area contributed by atoms with Crippen LogP contribution in [0.1, 0.15) is 10.4 Å². The Balaban J connectivity index is 1.28. The molecule has 1 fully saturated rings. The molecule has 3 aromatic heterocycles. The molecular weight excluding hydrogens is 388 g/mol. The highest BCUT2D eigenvalue weighted by Crippen LogP contribution is 2.29. The SMILES string of the molecule is O=C(NC1CNC1)c1cccc(Sc2cc(Nc3ncnn4cccc34)[nH]n2)c1. The van der Waals surface area contributed by atoms with Crippen LogP contribution in [0.15, 0.2) is 64.9 Å². The number of rotatable bonds is 6. The molecule has 9 nitrogen and oxygen atoms in total. The maximum Gasteiger partial charge on any atom is 0.251 e. The van der Waals surface area contributed by atoms with Gasteiger partial charge < -0.3 is 16.0 Å². The van der Waals surface area contributed by atoms with Gasteiger partial charge in [0.25, 0.3) is 5.91 Å². The summed E-state index contributed by atoms with van der Waals surface area (Å²) in [5, 5.41) is 21.6. The van der Waals surface area contributed by atoms with E-state index in [0.717, 1.165) is 34.3 Å². The number of carbonyl (C=O) groups is 1. The molecule has 4 aromatic rings. The van der Waals surface area contributed by atoms with Gasteiger partial charge in [0.2, 0.25) is 0 Å². The van der Waals surface area contributed by atoms with E-state index >= 15 is 0 Å². The molecule has 4 N–H and O–H groups in total. The summed E-state index contributed by atoms with van der Waals surface area (Å²) in [5.41, 5.74) is 1.52. The fourth-order valence-corrected chi connectivity index (χ4v) is 3.83. The van der Waals surface area contributed by atoms with E-state index in [-0.39, 0.29) is 11.9 Å². The summed E-state index contributed by atoms with van der Waals surface area (Å²) in [6.07, 6.45) is 3.36. The Bertz CT molecular complexity index is 1170. The minimum absolute atomic E-state index is 0.0525. The summed E-state index contributed by atoms with van der Waals surface area (Å²) < 4.78 is 1.75. The number of anilines is 2. The quantitative estimate of drug-likeness (QED) is 0.388. The van der Waals surface area contributed by atoms with Gasteiger partial charge in [0.1, 0.15) is 22.7 Å². The van der Waals surface area contributed by atoms with Crippen LogP contribution in [0.3, 0.4) is 0 Å². The normalized spacial score (nSPS) is 13.9. The van der Waals surface area contributed by atoms with Gasteiger partial charge in [-0.15, -0.1) is 0 Å². The summed E-state index contributed by atoms with van der Waals surface area (Å²) in [7, 11) is 0. The molecule has 4 heterocycles. The van der Waals surface area contributed by atoms with Crippen LogP contribution in [-0.4, -0.2) is 49.8 Å². The van der Waals surface area contributed by atoms with E-state index in [4.69, 9.17) is 0 Å². The first kappa shape index (κ1) is 17.7. The van der Waals surface area contributed by atoms with Crippen molar-refractivity contribution in [3.05, 3.63) is 60.6 Å². The second kappa shape index (κ2) is 7.57. The van der Waals surface area contributed by atoms with Crippen molar-refractivity contribution in [3.8, 4) is 0 Å². The lowest BCUT2D eigenvalue weighted by molar-refractivity contribution is 0.0923. The lowest BCUT2D eigenvalue weighted by atomic mass is 10.1.